The highest BCUT2D eigenvalue weighted by Gasteiger charge is 2.34. The average molecular weight is 317 g/mol. The maximum Gasteiger partial charge on any atom is 0.419 e. The van der Waals surface area contributed by atoms with Crippen LogP contribution in [-0.4, -0.2) is 17.6 Å². The van der Waals surface area contributed by atoms with E-state index in [1.807, 2.05) is 0 Å². The number of alkyl halides is 3. The van der Waals surface area contributed by atoms with Gasteiger partial charge in [0, 0.05) is 6.07 Å². The van der Waals surface area contributed by atoms with Crippen LogP contribution in [0.5, 0.6) is 0 Å². The summed E-state index contributed by atoms with van der Waals surface area (Å²) in [5.74, 6) is -2.29. The molecule has 0 spiro atoms. The Morgan fingerprint density at radius 2 is 1.91 bits per heavy atom. The van der Waals surface area contributed by atoms with Crippen LogP contribution in [0.2, 0.25) is 0 Å². The second-order valence-corrected chi connectivity index (χ2v) is 4.63. The van der Waals surface area contributed by atoms with Crippen LogP contribution in [0.4, 0.5) is 17.6 Å². The molecule has 118 valence electrons. The average Bonchev–Trinajstić information content (AvgIpc) is 2.43. The molecule has 0 radical (unpaired) electrons. The Bertz CT molecular complexity index is 795. The van der Waals surface area contributed by atoms with Gasteiger partial charge < -0.3 is 4.74 Å². The minimum absolute atomic E-state index is 0.0101. The molecule has 0 saturated heterocycles. The summed E-state index contributed by atoms with van der Waals surface area (Å²) >= 11 is 0. The van der Waals surface area contributed by atoms with Gasteiger partial charge in [-0.1, -0.05) is 0 Å². The Kier molecular flexibility index (Phi) is 3.95. The van der Waals surface area contributed by atoms with E-state index in [2.05, 4.69) is 4.74 Å². The molecular weight excluding hydrogens is 306 g/mol. The van der Waals surface area contributed by atoms with Gasteiger partial charge in [-0.05, 0) is 30.5 Å². The molecule has 1 aromatic carbocycles. The fourth-order valence-electron chi connectivity index (χ4n) is 2.17. The first kappa shape index (κ1) is 16.0. The number of halogens is 4. The number of pyridine rings is 1. The summed E-state index contributed by atoms with van der Waals surface area (Å²) in [7, 11) is 1.11. The third kappa shape index (κ3) is 2.68. The van der Waals surface area contributed by atoms with E-state index >= 15 is 0 Å². The van der Waals surface area contributed by atoms with Gasteiger partial charge in [-0.15, -0.1) is 0 Å². The molecule has 0 bridgehead atoms. The highest BCUT2D eigenvalue weighted by molar-refractivity contribution is 5.83. The molecule has 1 unspecified atom stereocenters. The van der Waals surface area contributed by atoms with Gasteiger partial charge in [0.15, 0.2) is 0 Å². The van der Waals surface area contributed by atoms with Crippen molar-refractivity contribution >= 4 is 16.9 Å². The molecule has 1 atom stereocenters. The van der Waals surface area contributed by atoms with E-state index in [4.69, 9.17) is 0 Å². The van der Waals surface area contributed by atoms with Crippen LogP contribution in [0.25, 0.3) is 10.9 Å². The lowest BCUT2D eigenvalue weighted by molar-refractivity contribution is -0.144. The van der Waals surface area contributed by atoms with Gasteiger partial charge in [-0.3, -0.25) is 9.36 Å². The molecular formula is C14H11F4NO3. The third-order valence-electron chi connectivity index (χ3n) is 3.25. The molecule has 0 fully saturated rings. The summed E-state index contributed by atoms with van der Waals surface area (Å²) in [5, 5.41) is -0.0101. The number of hydrogen-bond donors (Lipinski definition) is 0. The second kappa shape index (κ2) is 5.43. The first-order valence-electron chi connectivity index (χ1n) is 6.16. The Balaban J connectivity index is 2.79. The van der Waals surface area contributed by atoms with E-state index in [0.29, 0.717) is 12.1 Å². The highest BCUT2D eigenvalue weighted by Crippen LogP contribution is 2.33. The molecule has 1 aromatic heterocycles. The summed E-state index contributed by atoms with van der Waals surface area (Å²) in [5.41, 5.74) is -2.20. The number of benzene rings is 1. The SMILES string of the molecule is COC(=O)C(C)n1c(=O)ccc2cc(C(F)(F)F)c(F)cc21. The topological polar surface area (TPSA) is 48.3 Å². The zero-order valence-electron chi connectivity index (χ0n) is 11.6. The number of ether oxygens (including phenoxy) is 1. The van der Waals surface area contributed by atoms with Crippen LogP contribution in [0.15, 0.2) is 29.1 Å². The van der Waals surface area contributed by atoms with Gasteiger partial charge in [0.05, 0.1) is 18.2 Å². The van der Waals surface area contributed by atoms with E-state index in [0.717, 1.165) is 23.8 Å². The maximum absolute atomic E-state index is 13.7. The molecule has 1 heterocycles. The number of hydrogen-bond acceptors (Lipinski definition) is 3. The molecule has 0 saturated carbocycles. The number of fused-ring (bicyclic) bond motifs is 1. The Morgan fingerprint density at radius 1 is 1.27 bits per heavy atom. The fourth-order valence-corrected chi connectivity index (χ4v) is 2.17. The Hall–Kier alpha value is -2.38. The minimum atomic E-state index is -4.85. The van der Waals surface area contributed by atoms with Gasteiger partial charge in [-0.25, -0.2) is 9.18 Å². The van der Waals surface area contributed by atoms with E-state index in [1.54, 1.807) is 0 Å². The van der Waals surface area contributed by atoms with Crippen molar-refractivity contribution in [1.82, 2.24) is 4.57 Å². The van der Waals surface area contributed by atoms with Crippen molar-refractivity contribution in [1.29, 1.82) is 0 Å². The predicted molar refractivity (Wildman–Crippen MR) is 69.9 cm³/mol. The van der Waals surface area contributed by atoms with E-state index in [1.165, 1.54) is 6.92 Å². The number of methoxy groups -OCH3 is 1. The quantitative estimate of drug-likeness (QED) is 0.632. The van der Waals surface area contributed by atoms with Crippen LogP contribution < -0.4 is 5.56 Å². The van der Waals surface area contributed by atoms with E-state index in [-0.39, 0.29) is 10.9 Å². The summed E-state index contributed by atoms with van der Waals surface area (Å²) < 4.78 is 57.3. The Labute approximate surface area is 121 Å². The summed E-state index contributed by atoms with van der Waals surface area (Å²) in [4.78, 5) is 23.5. The van der Waals surface area contributed by atoms with Crippen LogP contribution in [0, 0.1) is 5.82 Å². The van der Waals surface area contributed by atoms with Gasteiger partial charge in [0.25, 0.3) is 5.56 Å². The molecule has 22 heavy (non-hydrogen) atoms. The van der Waals surface area contributed by atoms with Crippen molar-refractivity contribution in [3.8, 4) is 0 Å². The standard InChI is InChI=1S/C14H11F4NO3/c1-7(13(21)22-2)19-11-6-10(15)9(14(16,17)18)5-8(11)3-4-12(19)20/h3-7H,1-2H3. The molecule has 0 N–H and O–H groups in total. The number of aromatic nitrogens is 1. The first-order chi connectivity index (χ1) is 10.2. The van der Waals surface area contributed by atoms with Crippen LogP contribution in [0.1, 0.15) is 18.5 Å². The fraction of sp³-hybridized carbons (Fsp3) is 0.286. The monoisotopic (exact) mass is 317 g/mol. The van der Waals surface area contributed by atoms with E-state index in [9.17, 15) is 27.2 Å². The zero-order chi connectivity index (χ0) is 16.7. The number of nitrogens with zero attached hydrogens (tertiary/aromatic N) is 1. The lowest BCUT2D eigenvalue weighted by Gasteiger charge is -2.17. The van der Waals surface area contributed by atoms with Gasteiger partial charge in [-0.2, -0.15) is 13.2 Å². The molecule has 8 heteroatoms. The number of carbonyl (C=O) groups is 1. The van der Waals surface area contributed by atoms with Crippen LogP contribution in [-0.2, 0) is 15.7 Å². The zero-order valence-corrected chi connectivity index (χ0v) is 11.6. The minimum Gasteiger partial charge on any atom is -0.467 e. The van der Waals surface area contributed by atoms with Crippen molar-refractivity contribution in [2.45, 2.75) is 19.1 Å². The number of esters is 1. The lowest BCUT2D eigenvalue weighted by atomic mass is 10.1. The van der Waals surface area contributed by atoms with Crippen molar-refractivity contribution in [3.05, 3.63) is 46.0 Å². The Morgan fingerprint density at radius 3 is 2.45 bits per heavy atom. The molecule has 0 aliphatic carbocycles. The van der Waals surface area contributed by atoms with Crippen LogP contribution in [0.3, 0.4) is 0 Å². The first-order valence-corrected chi connectivity index (χ1v) is 6.16. The molecule has 0 aliphatic rings. The number of rotatable bonds is 2. The van der Waals surface area contributed by atoms with Crippen molar-refractivity contribution in [2.75, 3.05) is 7.11 Å². The molecule has 4 nitrogen and oxygen atoms in total. The maximum atomic E-state index is 13.7. The second-order valence-electron chi connectivity index (χ2n) is 4.63. The third-order valence-corrected chi connectivity index (χ3v) is 3.25. The van der Waals surface area contributed by atoms with Crippen LogP contribution >= 0.6 is 0 Å². The van der Waals surface area contributed by atoms with Crippen molar-refractivity contribution in [2.24, 2.45) is 0 Å². The lowest BCUT2D eigenvalue weighted by Crippen LogP contribution is -2.28. The summed E-state index contributed by atoms with van der Waals surface area (Å²) in [6.45, 7) is 1.34. The molecule has 2 rings (SSSR count). The van der Waals surface area contributed by atoms with Gasteiger partial charge >= 0.3 is 12.1 Å². The van der Waals surface area contributed by atoms with Crippen molar-refractivity contribution < 1.29 is 27.1 Å². The predicted octanol–water partition coefficient (Wildman–Crippen LogP) is 2.89. The normalized spacial score (nSPS) is 13.2. The van der Waals surface area contributed by atoms with Crippen molar-refractivity contribution in [3.63, 3.8) is 0 Å². The highest BCUT2D eigenvalue weighted by atomic mass is 19.4. The largest absolute Gasteiger partial charge is 0.467 e. The summed E-state index contributed by atoms with van der Waals surface area (Å²) in [6.07, 6.45) is -4.85. The van der Waals surface area contributed by atoms with E-state index < -0.39 is 35.1 Å². The molecule has 2 aromatic rings. The van der Waals surface area contributed by atoms with Gasteiger partial charge in [0.1, 0.15) is 11.9 Å². The number of carbonyl (C=O) groups excluding carboxylic acids is 1. The summed E-state index contributed by atoms with van der Waals surface area (Å²) in [6, 6.07) is 2.26. The molecule has 0 amide bonds. The smallest absolute Gasteiger partial charge is 0.419 e. The molecule has 0 aliphatic heterocycles. The van der Waals surface area contributed by atoms with Gasteiger partial charge in [0.2, 0.25) is 0 Å².